The molecule has 7 nitrogen and oxygen atoms in total. The van der Waals surface area contributed by atoms with E-state index >= 15 is 0 Å². The van der Waals surface area contributed by atoms with E-state index < -0.39 is 12.1 Å². The number of aliphatic hydroxyl groups excluding tert-OH is 1. The molecule has 1 aliphatic rings. The number of carbonyl (C=O) groups is 1. The molecule has 0 aliphatic carbocycles. The lowest BCUT2D eigenvalue weighted by Gasteiger charge is -2.38. The highest BCUT2D eigenvalue weighted by atomic mass is 16.5. The standard InChI is InChI=1S/C30H38N2O5/c1-36-24-8-5-21(6-9-24)4-3-16-32-17-14-22(23(20-32)18-30(34)35)7-12-29(33)26-13-15-31-28-11-10-25(37-2)19-27(26)28/h5-6,8-11,13,15,19,22-23,29,33H,3-4,7,12,14,16-18,20H2,1-2H3,(H,34,35)/t22-,23+,29-/m1/s1. The SMILES string of the molecule is COc1ccc(CCCN2CC[C@@H](CC[C@@H](O)c3ccnc4ccc(OC)cc34)[C@@H](CC(=O)O)C2)cc1. The number of rotatable bonds is 12. The topological polar surface area (TPSA) is 92.1 Å². The van der Waals surface area contributed by atoms with E-state index in [0.29, 0.717) is 6.42 Å². The van der Waals surface area contributed by atoms with Gasteiger partial charge in [-0.1, -0.05) is 12.1 Å². The van der Waals surface area contributed by atoms with Gasteiger partial charge in [0.05, 0.1) is 25.8 Å². The Balaban J connectivity index is 1.33. The average molecular weight is 507 g/mol. The zero-order valence-electron chi connectivity index (χ0n) is 21.8. The highest BCUT2D eigenvalue weighted by Gasteiger charge is 2.31. The molecule has 1 fully saturated rings. The van der Waals surface area contributed by atoms with Gasteiger partial charge in [0.15, 0.2) is 0 Å². The van der Waals surface area contributed by atoms with Crippen molar-refractivity contribution in [1.29, 1.82) is 0 Å². The fourth-order valence-electron chi connectivity index (χ4n) is 5.59. The van der Waals surface area contributed by atoms with E-state index in [9.17, 15) is 15.0 Å². The predicted octanol–water partition coefficient (Wildman–Crippen LogP) is 5.11. The van der Waals surface area contributed by atoms with E-state index in [1.165, 1.54) is 5.56 Å². The fourth-order valence-corrected chi connectivity index (χ4v) is 5.59. The first-order valence-electron chi connectivity index (χ1n) is 13.1. The summed E-state index contributed by atoms with van der Waals surface area (Å²) in [6.45, 7) is 2.72. The molecule has 3 atom stereocenters. The molecule has 0 radical (unpaired) electrons. The fraction of sp³-hybridized carbons (Fsp3) is 0.467. The summed E-state index contributed by atoms with van der Waals surface area (Å²) in [6, 6.07) is 15.7. The first kappa shape index (κ1) is 26.9. The first-order valence-corrected chi connectivity index (χ1v) is 13.1. The number of aromatic nitrogens is 1. The van der Waals surface area contributed by atoms with Gasteiger partial charge in [0.2, 0.25) is 0 Å². The van der Waals surface area contributed by atoms with E-state index in [-0.39, 0.29) is 18.3 Å². The third-order valence-corrected chi connectivity index (χ3v) is 7.66. The Hall–Kier alpha value is -3.16. The van der Waals surface area contributed by atoms with Crippen LogP contribution in [0.15, 0.2) is 54.7 Å². The number of piperidine rings is 1. The summed E-state index contributed by atoms with van der Waals surface area (Å²) < 4.78 is 10.6. The minimum atomic E-state index is -0.747. The number of ether oxygens (including phenoxy) is 2. The summed E-state index contributed by atoms with van der Waals surface area (Å²) >= 11 is 0. The largest absolute Gasteiger partial charge is 0.497 e. The number of hydrogen-bond donors (Lipinski definition) is 2. The van der Waals surface area contributed by atoms with Gasteiger partial charge in [-0.2, -0.15) is 0 Å². The van der Waals surface area contributed by atoms with Gasteiger partial charge < -0.3 is 24.6 Å². The first-order chi connectivity index (χ1) is 18.0. The molecule has 2 heterocycles. The molecule has 0 unspecified atom stereocenters. The molecule has 4 rings (SSSR count). The molecule has 0 saturated carbocycles. The summed E-state index contributed by atoms with van der Waals surface area (Å²) in [5, 5.41) is 21.5. The number of aliphatic carboxylic acids is 1. The van der Waals surface area contributed by atoms with E-state index in [2.05, 4.69) is 22.0 Å². The summed E-state index contributed by atoms with van der Waals surface area (Å²) in [6.07, 6.45) is 5.64. The monoisotopic (exact) mass is 506 g/mol. The van der Waals surface area contributed by atoms with Crippen molar-refractivity contribution in [1.82, 2.24) is 9.88 Å². The van der Waals surface area contributed by atoms with Crippen LogP contribution in [0.1, 0.15) is 49.3 Å². The van der Waals surface area contributed by atoms with Crippen molar-refractivity contribution in [2.45, 2.75) is 44.6 Å². The molecular weight excluding hydrogens is 468 g/mol. The second kappa shape index (κ2) is 12.9. The summed E-state index contributed by atoms with van der Waals surface area (Å²) in [7, 11) is 3.30. The number of likely N-dealkylation sites (tertiary alicyclic amines) is 1. The maximum atomic E-state index is 11.6. The summed E-state index contributed by atoms with van der Waals surface area (Å²) in [4.78, 5) is 18.5. The summed E-state index contributed by atoms with van der Waals surface area (Å²) in [5.74, 6) is 1.22. The van der Waals surface area contributed by atoms with Gasteiger partial charge in [-0.3, -0.25) is 9.78 Å². The third kappa shape index (κ3) is 7.21. The van der Waals surface area contributed by atoms with E-state index in [4.69, 9.17) is 9.47 Å². The second-order valence-corrected chi connectivity index (χ2v) is 10.0. The Morgan fingerprint density at radius 1 is 1.08 bits per heavy atom. The number of aliphatic hydroxyl groups is 1. The number of nitrogens with zero attached hydrogens (tertiary/aromatic N) is 2. The molecule has 1 aromatic heterocycles. The van der Waals surface area contributed by atoms with Crippen LogP contribution in [0.25, 0.3) is 10.9 Å². The quantitative estimate of drug-likeness (QED) is 0.353. The number of methoxy groups -OCH3 is 2. The maximum absolute atomic E-state index is 11.6. The number of aryl methyl sites for hydroxylation is 1. The third-order valence-electron chi connectivity index (χ3n) is 7.66. The Labute approximate surface area is 219 Å². The van der Waals surface area contributed by atoms with Crippen LogP contribution in [-0.4, -0.2) is 59.9 Å². The van der Waals surface area contributed by atoms with Gasteiger partial charge >= 0.3 is 5.97 Å². The highest BCUT2D eigenvalue weighted by Crippen LogP contribution is 2.35. The number of carboxylic acid groups (broad SMARTS) is 1. The van der Waals surface area contributed by atoms with Crippen molar-refractivity contribution in [2.75, 3.05) is 33.9 Å². The van der Waals surface area contributed by atoms with Crippen LogP contribution in [0, 0.1) is 11.8 Å². The Morgan fingerprint density at radius 3 is 2.57 bits per heavy atom. The van der Waals surface area contributed by atoms with Crippen molar-refractivity contribution in [3.8, 4) is 11.5 Å². The Kier molecular flexibility index (Phi) is 9.36. The van der Waals surface area contributed by atoms with Crippen molar-refractivity contribution in [3.05, 3.63) is 65.9 Å². The van der Waals surface area contributed by atoms with Crippen LogP contribution >= 0.6 is 0 Å². The lowest BCUT2D eigenvalue weighted by molar-refractivity contribution is -0.139. The molecule has 37 heavy (non-hydrogen) atoms. The molecule has 0 amide bonds. The van der Waals surface area contributed by atoms with Crippen LogP contribution in [-0.2, 0) is 11.2 Å². The normalized spacial score (nSPS) is 19.0. The molecule has 0 spiro atoms. The number of carboxylic acids is 1. The van der Waals surface area contributed by atoms with Gasteiger partial charge in [-0.15, -0.1) is 0 Å². The smallest absolute Gasteiger partial charge is 0.303 e. The molecule has 0 bridgehead atoms. The predicted molar refractivity (Wildman–Crippen MR) is 144 cm³/mol. The molecule has 2 aromatic carbocycles. The van der Waals surface area contributed by atoms with Crippen LogP contribution in [0.4, 0.5) is 0 Å². The lowest BCUT2D eigenvalue weighted by Crippen LogP contribution is -2.42. The average Bonchev–Trinajstić information content (AvgIpc) is 2.91. The van der Waals surface area contributed by atoms with Crippen LogP contribution in [0.2, 0.25) is 0 Å². The zero-order chi connectivity index (χ0) is 26.2. The van der Waals surface area contributed by atoms with Crippen molar-refractivity contribution < 1.29 is 24.5 Å². The van der Waals surface area contributed by atoms with Gasteiger partial charge in [0, 0.05) is 24.5 Å². The zero-order valence-corrected chi connectivity index (χ0v) is 21.8. The minimum absolute atomic E-state index is 0.0914. The van der Waals surface area contributed by atoms with E-state index in [1.54, 1.807) is 20.4 Å². The van der Waals surface area contributed by atoms with Crippen molar-refractivity contribution in [2.24, 2.45) is 11.8 Å². The number of hydrogen-bond acceptors (Lipinski definition) is 6. The van der Waals surface area contributed by atoms with E-state index in [1.807, 2.05) is 36.4 Å². The van der Waals surface area contributed by atoms with Crippen LogP contribution in [0.3, 0.4) is 0 Å². The van der Waals surface area contributed by atoms with Crippen LogP contribution < -0.4 is 9.47 Å². The molecule has 1 aliphatic heterocycles. The highest BCUT2D eigenvalue weighted by molar-refractivity contribution is 5.83. The molecular formula is C30H38N2O5. The molecule has 3 aromatic rings. The summed E-state index contributed by atoms with van der Waals surface area (Å²) in [5.41, 5.74) is 2.95. The Bertz CT molecular complexity index is 1170. The van der Waals surface area contributed by atoms with Gasteiger partial charge in [-0.05, 0) is 105 Å². The number of pyridine rings is 1. The lowest BCUT2D eigenvalue weighted by atomic mass is 9.79. The molecule has 7 heteroatoms. The van der Waals surface area contributed by atoms with Crippen molar-refractivity contribution >= 4 is 16.9 Å². The van der Waals surface area contributed by atoms with Crippen LogP contribution in [0.5, 0.6) is 11.5 Å². The molecule has 2 N–H and O–H groups in total. The Morgan fingerprint density at radius 2 is 1.84 bits per heavy atom. The second-order valence-electron chi connectivity index (χ2n) is 10.0. The maximum Gasteiger partial charge on any atom is 0.303 e. The van der Waals surface area contributed by atoms with Gasteiger partial charge in [-0.25, -0.2) is 0 Å². The molecule has 1 saturated heterocycles. The minimum Gasteiger partial charge on any atom is -0.497 e. The van der Waals surface area contributed by atoms with E-state index in [0.717, 1.165) is 73.3 Å². The van der Waals surface area contributed by atoms with Gasteiger partial charge in [0.25, 0.3) is 0 Å². The van der Waals surface area contributed by atoms with Crippen molar-refractivity contribution in [3.63, 3.8) is 0 Å². The number of fused-ring (bicyclic) bond motifs is 1. The molecule has 198 valence electrons. The number of benzene rings is 2. The van der Waals surface area contributed by atoms with Gasteiger partial charge in [0.1, 0.15) is 11.5 Å².